The highest BCUT2D eigenvalue weighted by atomic mass is 32.2. The molecule has 3 rings (SSSR count). The number of thioether (sulfide) groups is 1. The van der Waals surface area contributed by atoms with Gasteiger partial charge >= 0.3 is 0 Å². The maximum atomic E-state index is 12.5. The second-order valence-corrected chi connectivity index (χ2v) is 7.59. The third-order valence-electron chi connectivity index (χ3n) is 4.14. The van der Waals surface area contributed by atoms with Gasteiger partial charge in [0.25, 0.3) is 0 Å². The summed E-state index contributed by atoms with van der Waals surface area (Å²) in [6.45, 7) is 4.26. The number of rotatable bonds is 3. The molecule has 22 heavy (non-hydrogen) atoms. The zero-order valence-corrected chi connectivity index (χ0v) is 14.4. The van der Waals surface area contributed by atoms with Crippen LogP contribution in [0.4, 0.5) is 5.82 Å². The summed E-state index contributed by atoms with van der Waals surface area (Å²) >= 11 is 2.91. The Kier molecular flexibility index (Phi) is 4.54. The van der Waals surface area contributed by atoms with Crippen LogP contribution in [0.5, 0.6) is 0 Å². The number of anilines is 1. The lowest BCUT2D eigenvalue weighted by Gasteiger charge is -2.39. The quantitative estimate of drug-likeness (QED) is 0.688. The van der Waals surface area contributed by atoms with Crippen LogP contribution in [0.25, 0.3) is 10.2 Å². The van der Waals surface area contributed by atoms with Gasteiger partial charge in [0.15, 0.2) is 5.16 Å². The minimum atomic E-state index is 0.165. The van der Waals surface area contributed by atoms with Gasteiger partial charge in [0.1, 0.15) is 10.6 Å². The molecule has 0 aliphatic carbocycles. The van der Waals surface area contributed by atoms with Crippen LogP contribution in [0.15, 0.2) is 16.6 Å². The molecule has 0 saturated carbocycles. The second-order valence-electron chi connectivity index (χ2n) is 5.75. The molecular formula is C15H20N4OS2. The van der Waals surface area contributed by atoms with Crippen molar-refractivity contribution in [3.05, 3.63) is 11.4 Å². The molecular weight excluding hydrogens is 316 g/mol. The van der Waals surface area contributed by atoms with E-state index in [-0.39, 0.29) is 5.91 Å². The van der Waals surface area contributed by atoms with E-state index in [0.717, 1.165) is 23.1 Å². The van der Waals surface area contributed by atoms with E-state index >= 15 is 0 Å². The number of aromatic nitrogens is 2. The Balaban J connectivity index is 1.69. The number of nitrogens with two attached hydrogens (primary N) is 1. The van der Waals surface area contributed by atoms with E-state index in [1.165, 1.54) is 29.5 Å². The van der Waals surface area contributed by atoms with E-state index in [0.29, 0.717) is 28.8 Å². The second kappa shape index (κ2) is 6.42. The molecule has 3 heterocycles. The topological polar surface area (TPSA) is 72.1 Å². The zero-order valence-electron chi connectivity index (χ0n) is 12.8. The molecule has 0 bridgehead atoms. The first-order valence-corrected chi connectivity index (χ1v) is 9.37. The lowest BCUT2D eigenvalue weighted by Crippen LogP contribution is -2.48. The van der Waals surface area contributed by atoms with Crippen molar-refractivity contribution in [1.29, 1.82) is 0 Å². The molecule has 1 fully saturated rings. The summed E-state index contributed by atoms with van der Waals surface area (Å²) in [4.78, 5) is 24.2. The highest BCUT2D eigenvalue weighted by Gasteiger charge is 2.28. The highest BCUT2D eigenvalue weighted by Crippen LogP contribution is 2.28. The van der Waals surface area contributed by atoms with Crippen LogP contribution in [-0.4, -0.2) is 38.6 Å². The van der Waals surface area contributed by atoms with Gasteiger partial charge in [-0.3, -0.25) is 4.79 Å². The van der Waals surface area contributed by atoms with Crippen LogP contribution in [0.3, 0.4) is 0 Å². The first-order valence-electron chi connectivity index (χ1n) is 7.51. The van der Waals surface area contributed by atoms with E-state index in [1.807, 2.05) is 16.3 Å². The number of amides is 1. The molecule has 2 N–H and O–H groups in total. The first-order chi connectivity index (χ1) is 10.6. The monoisotopic (exact) mass is 336 g/mol. The summed E-state index contributed by atoms with van der Waals surface area (Å²) in [5, 5.41) is 3.42. The van der Waals surface area contributed by atoms with Gasteiger partial charge < -0.3 is 10.6 Å². The fraction of sp³-hybridized carbons (Fsp3) is 0.533. The van der Waals surface area contributed by atoms with Crippen molar-refractivity contribution in [2.24, 2.45) is 0 Å². The summed E-state index contributed by atoms with van der Waals surface area (Å²) < 4.78 is 0. The van der Waals surface area contributed by atoms with Gasteiger partial charge in [-0.05, 0) is 44.6 Å². The fourth-order valence-corrected chi connectivity index (χ4v) is 4.59. The Morgan fingerprint density at radius 2 is 2.14 bits per heavy atom. The number of hydrogen-bond donors (Lipinski definition) is 1. The molecule has 1 saturated heterocycles. The number of piperidine rings is 1. The Morgan fingerprint density at radius 3 is 2.86 bits per heavy atom. The molecule has 0 unspecified atom stereocenters. The predicted molar refractivity (Wildman–Crippen MR) is 92.2 cm³/mol. The Labute approximate surface area is 138 Å². The summed E-state index contributed by atoms with van der Waals surface area (Å²) in [6.07, 6.45) is 3.38. The number of thiophene rings is 1. The molecule has 7 heteroatoms. The largest absolute Gasteiger partial charge is 0.383 e. The number of nitrogen functional groups attached to an aromatic ring is 1. The van der Waals surface area contributed by atoms with Gasteiger partial charge in [-0.2, -0.15) is 0 Å². The summed E-state index contributed by atoms with van der Waals surface area (Å²) in [6, 6.07) is 2.57. The number of fused-ring (bicyclic) bond motifs is 1. The number of likely N-dealkylation sites (tertiary alicyclic amines) is 1. The third-order valence-corrected chi connectivity index (χ3v) is 5.78. The van der Waals surface area contributed by atoms with Gasteiger partial charge in [-0.25, -0.2) is 9.97 Å². The van der Waals surface area contributed by atoms with Crippen LogP contribution in [0.2, 0.25) is 0 Å². The SMILES string of the molecule is C[C@H]1CCC[C@H](C)N1C(=O)CSc1nc(N)c2ccsc2n1. The lowest BCUT2D eigenvalue weighted by atomic mass is 9.98. The van der Waals surface area contributed by atoms with Crippen molar-refractivity contribution >= 4 is 45.0 Å². The minimum absolute atomic E-state index is 0.165. The number of nitrogens with zero attached hydrogens (tertiary/aromatic N) is 3. The maximum absolute atomic E-state index is 12.5. The van der Waals surface area contributed by atoms with Crippen LogP contribution in [-0.2, 0) is 4.79 Å². The van der Waals surface area contributed by atoms with E-state index in [9.17, 15) is 4.79 Å². The molecule has 2 aromatic heterocycles. The van der Waals surface area contributed by atoms with Crippen LogP contribution in [0.1, 0.15) is 33.1 Å². The average molecular weight is 336 g/mol. The van der Waals surface area contributed by atoms with Crippen molar-refractivity contribution < 1.29 is 4.79 Å². The van der Waals surface area contributed by atoms with E-state index in [1.54, 1.807) is 0 Å². The summed E-state index contributed by atoms with van der Waals surface area (Å²) in [7, 11) is 0. The normalized spacial score (nSPS) is 22.2. The van der Waals surface area contributed by atoms with E-state index in [4.69, 9.17) is 5.73 Å². The molecule has 2 aromatic rings. The molecule has 118 valence electrons. The standard InChI is InChI=1S/C15H20N4OS2/c1-9-4-3-5-10(2)19(9)12(20)8-22-15-17-13(16)11-6-7-21-14(11)18-15/h6-7,9-10H,3-5,8H2,1-2H3,(H2,16,17,18)/t9-,10-/m0/s1. The van der Waals surface area contributed by atoms with Crippen LogP contribution >= 0.6 is 23.1 Å². The third kappa shape index (κ3) is 3.05. The number of carbonyl (C=O) groups is 1. The molecule has 5 nitrogen and oxygen atoms in total. The van der Waals surface area contributed by atoms with Gasteiger partial charge in [0.05, 0.1) is 11.1 Å². The molecule has 2 atom stereocenters. The average Bonchev–Trinajstić information content (AvgIpc) is 2.94. The van der Waals surface area contributed by atoms with Crippen molar-refractivity contribution in [3.8, 4) is 0 Å². The number of hydrogen-bond acceptors (Lipinski definition) is 6. The van der Waals surface area contributed by atoms with E-state index in [2.05, 4.69) is 23.8 Å². The Bertz CT molecular complexity index is 677. The van der Waals surface area contributed by atoms with Crippen molar-refractivity contribution in [1.82, 2.24) is 14.9 Å². The summed E-state index contributed by atoms with van der Waals surface area (Å²) in [5.74, 6) is 1.02. The first kappa shape index (κ1) is 15.6. The fourth-order valence-electron chi connectivity index (χ4n) is 3.04. The minimum Gasteiger partial charge on any atom is -0.383 e. The van der Waals surface area contributed by atoms with Crippen LogP contribution < -0.4 is 5.73 Å². The molecule has 1 aliphatic rings. The van der Waals surface area contributed by atoms with Gasteiger partial charge in [0, 0.05) is 12.1 Å². The molecule has 0 radical (unpaired) electrons. The van der Waals surface area contributed by atoms with E-state index < -0.39 is 0 Å². The Morgan fingerprint density at radius 1 is 1.41 bits per heavy atom. The molecule has 1 aliphatic heterocycles. The maximum Gasteiger partial charge on any atom is 0.233 e. The van der Waals surface area contributed by atoms with Gasteiger partial charge in [-0.15, -0.1) is 11.3 Å². The Hall–Kier alpha value is -1.34. The highest BCUT2D eigenvalue weighted by molar-refractivity contribution is 7.99. The predicted octanol–water partition coefficient (Wildman–Crippen LogP) is 3.16. The van der Waals surface area contributed by atoms with Gasteiger partial charge in [-0.1, -0.05) is 11.8 Å². The van der Waals surface area contributed by atoms with Gasteiger partial charge in [0.2, 0.25) is 5.91 Å². The van der Waals surface area contributed by atoms with Crippen molar-refractivity contribution in [3.63, 3.8) is 0 Å². The zero-order chi connectivity index (χ0) is 15.7. The van der Waals surface area contributed by atoms with Crippen molar-refractivity contribution in [2.45, 2.75) is 50.4 Å². The molecule has 0 spiro atoms. The summed E-state index contributed by atoms with van der Waals surface area (Å²) in [5.41, 5.74) is 5.94. The van der Waals surface area contributed by atoms with Crippen molar-refractivity contribution in [2.75, 3.05) is 11.5 Å². The lowest BCUT2D eigenvalue weighted by molar-refractivity contribution is -0.134. The number of carbonyl (C=O) groups excluding carboxylic acids is 1. The molecule has 0 aromatic carbocycles. The smallest absolute Gasteiger partial charge is 0.233 e. The van der Waals surface area contributed by atoms with Crippen LogP contribution in [0, 0.1) is 0 Å². The molecule has 1 amide bonds.